The molecule has 4 heteroatoms. The summed E-state index contributed by atoms with van der Waals surface area (Å²) < 4.78 is 4.60. The fourth-order valence-electron chi connectivity index (χ4n) is 2.91. The van der Waals surface area contributed by atoms with Crippen LogP contribution in [0.4, 0.5) is 0 Å². The number of esters is 1. The molecule has 0 unspecified atom stereocenters. The first-order valence-corrected chi connectivity index (χ1v) is 9.38. The molecule has 140 valence electrons. The van der Waals surface area contributed by atoms with Gasteiger partial charge in [0.05, 0.1) is 13.2 Å². The maximum Gasteiger partial charge on any atom is 0.305 e. The third-order valence-electron chi connectivity index (χ3n) is 4.51. The second-order valence-corrected chi connectivity index (χ2v) is 6.57. The van der Waals surface area contributed by atoms with Gasteiger partial charge in [0.1, 0.15) is 0 Å². The Kier molecular flexibility index (Phi) is 10.8. The summed E-state index contributed by atoms with van der Waals surface area (Å²) in [6.45, 7) is 2.14. The van der Waals surface area contributed by atoms with Gasteiger partial charge >= 0.3 is 5.97 Å². The zero-order valence-electron chi connectivity index (χ0n) is 15.5. The second-order valence-electron chi connectivity index (χ2n) is 6.57. The van der Waals surface area contributed by atoms with Crippen molar-refractivity contribution in [2.45, 2.75) is 64.4 Å². The Labute approximate surface area is 151 Å². The molecule has 0 aromatic heterocycles. The van der Waals surface area contributed by atoms with E-state index in [1.54, 1.807) is 6.08 Å². The van der Waals surface area contributed by atoms with Gasteiger partial charge in [-0.15, -0.1) is 0 Å². The minimum absolute atomic E-state index is 0.0630. The molecule has 0 amide bonds. The molecule has 4 nitrogen and oxygen atoms in total. The molecule has 25 heavy (non-hydrogen) atoms. The molecular weight excluding hydrogens is 316 g/mol. The van der Waals surface area contributed by atoms with Gasteiger partial charge in [0.2, 0.25) is 0 Å². The lowest BCUT2D eigenvalue weighted by atomic mass is 9.90. The van der Waals surface area contributed by atoms with Crippen LogP contribution in [-0.2, 0) is 14.3 Å². The van der Waals surface area contributed by atoms with Crippen molar-refractivity contribution >= 4 is 11.8 Å². The summed E-state index contributed by atoms with van der Waals surface area (Å²) in [4.78, 5) is 23.0. The van der Waals surface area contributed by atoms with Crippen molar-refractivity contribution in [1.82, 2.24) is 0 Å². The highest BCUT2D eigenvalue weighted by Crippen LogP contribution is 2.27. The van der Waals surface area contributed by atoms with E-state index in [-0.39, 0.29) is 23.6 Å². The third-order valence-corrected chi connectivity index (χ3v) is 4.51. The van der Waals surface area contributed by atoms with Crippen LogP contribution in [0.25, 0.3) is 0 Å². The van der Waals surface area contributed by atoms with Gasteiger partial charge in [-0.1, -0.05) is 56.6 Å². The largest absolute Gasteiger partial charge is 0.469 e. The van der Waals surface area contributed by atoms with Crippen molar-refractivity contribution in [3.8, 4) is 0 Å². The van der Waals surface area contributed by atoms with Gasteiger partial charge in [-0.25, -0.2) is 0 Å². The fourth-order valence-corrected chi connectivity index (χ4v) is 2.91. The van der Waals surface area contributed by atoms with E-state index in [0.29, 0.717) is 12.8 Å². The number of hydrogen-bond acceptors (Lipinski definition) is 4. The molecule has 0 bridgehead atoms. The maximum atomic E-state index is 12.0. The predicted octanol–water partition coefficient (Wildman–Crippen LogP) is 4.14. The molecule has 3 atom stereocenters. The molecule has 0 fully saturated rings. The molecular formula is C21H32O4. The van der Waals surface area contributed by atoms with Crippen LogP contribution in [0.1, 0.15) is 58.3 Å². The number of unbranched alkanes of at least 4 members (excludes halogenated alkanes) is 3. The Morgan fingerprint density at radius 2 is 2.12 bits per heavy atom. The highest BCUT2D eigenvalue weighted by atomic mass is 16.5. The number of methoxy groups -OCH3 is 1. The molecule has 0 spiro atoms. The average Bonchev–Trinajstić information content (AvgIpc) is 2.96. The number of ketones is 1. The molecule has 1 N–H and O–H groups in total. The zero-order chi connectivity index (χ0) is 18.5. The Balaban J connectivity index is 2.36. The number of ether oxygens (including phenoxy) is 1. The van der Waals surface area contributed by atoms with Crippen LogP contribution in [0.2, 0.25) is 0 Å². The average molecular weight is 348 g/mol. The lowest BCUT2D eigenvalue weighted by Gasteiger charge is -2.13. The maximum absolute atomic E-state index is 12.0. The summed E-state index contributed by atoms with van der Waals surface area (Å²) in [5.74, 6) is -0.0513. The van der Waals surface area contributed by atoms with Crippen LogP contribution in [-0.4, -0.2) is 30.1 Å². The van der Waals surface area contributed by atoms with Gasteiger partial charge in [-0.05, 0) is 31.8 Å². The Morgan fingerprint density at radius 1 is 1.32 bits per heavy atom. The second kappa shape index (κ2) is 12.6. The predicted molar refractivity (Wildman–Crippen MR) is 100 cm³/mol. The molecule has 1 aliphatic carbocycles. The lowest BCUT2D eigenvalue weighted by Crippen LogP contribution is -2.14. The summed E-state index contributed by atoms with van der Waals surface area (Å²) >= 11 is 0. The minimum Gasteiger partial charge on any atom is -0.469 e. The highest BCUT2D eigenvalue weighted by Gasteiger charge is 2.27. The molecule has 0 saturated carbocycles. The van der Waals surface area contributed by atoms with E-state index in [9.17, 15) is 14.7 Å². The summed E-state index contributed by atoms with van der Waals surface area (Å²) in [5, 5.41) is 9.98. The van der Waals surface area contributed by atoms with Gasteiger partial charge in [-0.2, -0.15) is 0 Å². The van der Waals surface area contributed by atoms with Crippen LogP contribution >= 0.6 is 0 Å². The Morgan fingerprint density at radius 3 is 2.84 bits per heavy atom. The van der Waals surface area contributed by atoms with Crippen molar-refractivity contribution in [2.75, 3.05) is 7.11 Å². The van der Waals surface area contributed by atoms with Crippen molar-refractivity contribution in [3.63, 3.8) is 0 Å². The number of carbonyl (C=O) groups excluding carboxylic acids is 2. The first-order chi connectivity index (χ1) is 12.1. The molecule has 0 heterocycles. The summed E-state index contributed by atoms with van der Waals surface area (Å²) in [6.07, 6.45) is 17.7. The van der Waals surface area contributed by atoms with Crippen LogP contribution in [0.5, 0.6) is 0 Å². The number of aliphatic hydroxyl groups excluding tert-OH is 1. The molecule has 0 aromatic rings. The number of carbonyl (C=O) groups is 2. The van der Waals surface area contributed by atoms with Crippen LogP contribution < -0.4 is 0 Å². The van der Waals surface area contributed by atoms with E-state index in [0.717, 1.165) is 38.5 Å². The van der Waals surface area contributed by atoms with Crippen molar-refractivity contribution < 1.29 is 19.4 Å². The minimum atomic E-state index is -0.426. The van der Waals surface area contributed by atoms with E-state index >= 15 is 0 Å². The number of allylic oxidation sites excluding steroid dienone is 5. The summed E-state index contributed by atoms with van der Waals surface area (Å²) in [7, 11) is 1.39. The molecule has 1 rings (SSSR count). The van der Waals surface area contributed by atoms with Crippen LogP contribution in [0, 0.1) is 11.8 Å². The zero-order valence-corrected chi connectivity index (χ0v) is 15.5. The molecule has 0 aliphatic heterocycles. The monoisotopic (exact) mass is 348 g/mol. The summed E-state index contributed by atoms with van der Waals surface area (Å²) in [5.41, 5.74) is 0. The molecule has 1 aliphatic rings. The van der Waals surface area contributed by atoms with E-state index in [1.165, 1.54) is 7.11 Å². The number of hydrogen-bond donors (Lipinski definition) is 1. The normalized spacial score (nSPS) is 21.5. The molecule has 0 radical (unpaired) electrons. The number of rotatable bonds is 12. The first kappa shape index (κ1) is 21.4. The van der Waals surface area contributed by atoms with Gasteiger partial charge < -0.3 is 9.84 Å². The molecule has 0 saturated heterocycles. The quantitative estimate of drug-likeness (QED) is 0.327. The number of aliphatic hydroxyl groups is 1. The van der Waals surface area contributed by atoms with E-state index in [1.807, 2.05) is 30.4 Å². The van der Waals surface area contributed by atoms with E-state index in [4.69, 9.17) is 0 Å². The van der Waals surface area contributed by atoms with Gasteiger partial charge in [0.15, 0.2) is 5.78 Å². The fraction of sp³-hybridized carbons (Fsp3) is 0.619. The molecule has 0 aromatic carbocycles. The topological polar surface area (TPSA) is 63.6 Å². The first-order valence-electron chi connectivity index (χ1n) is 9.38. The van der Waals surface area contributed by atoms with Gasteiger partial charge in [0, 0.05) is 18.3 Å². The lowest BCUT2D eigenvalue weighted by molar-refractivity contribution is -0.140. The Bertz CT molecular complexity index is 490. The van der Waals surface area contributed by atoms with Gasteiger partial charge in [0.25, 0.3) is 0 Å². The van der Waals surface area contributed by atoms with Crippen molar-refractivity contribution in [2.24, 2.45) is 11.8 Å². The van der Waals surface area contributed by atoms with Crippen LogP contribution in [0.15, 0.2) is 36.5 Å². The van der Waals surface area contributed by atoms with E-state index < -0.39 is 6.10 Å². The smallest absolute Gasteiger partial charge is 0.305 e. The standard InChI is InChI=1S/C21H32O4/c1-3-4-7-10-18(22)15-13-17-14-16-20(23)19(17)11-8-5-6-9-12-21(24)25-2/h5,8,13-19,22H,3-4,6-7,9-12H2,1-2H3/b8-5-,15-13+/t17-,18+,19+/m0/s1. The van der Waals surface area contributed by atoms with Gasteiger partial charge in [-0.3, -0.25) is 9.59 Å². The van der Waals surface area contributed by atoms with E-state index in [2.05, 4.69) is 11.7 Å². The third kappa shape index (κ3) is 8.82. The van der Waals surface area contributed by atoms with Crippen LogP contribution in [0.3, 0.4) is 0 Å². The highest BCUT2D eigenvalue weighted by molar-refractivity contribution is 5.95. The summed E-state index contributed by atoms with van der Waals surface area (Å²) in [6, 6.07) is 0. The Hall–Kier alpha value is -1.68. The van der Waals surface area contributed by atoms with Crippen molar-refractivity contribution in [1.29, 1.82) is 0 Å². The SMILES string of the molecule is CCCCC[C@@H](O)/C=C/[C@H]1C=CC(=O)[C@@H]1C/C=C\CCCC(=O)OC. The van der Waals surface area contributed by atoms with Crippen molar-refractivity contribution in [3.05, 3.63) is 36.5 Å².